The van der Waals surface area contributed by atoms with Crippen molar-refractivity contribution in [2.45, 2.75) is 53.0 Å². The SMILES string of the molecule is CCOC(=O)c1c(NC(=O)CC(C)(C)N)sc(C)c1CC. The Balaban J connectivity index is 3.07. The summed E-state index contributed by atoms with van der Waals surface area (Å²) in [6, 6.07) is 0. The van der Waals surface area contributed by atoms with Crippen LogP contribution in [0.5, 0.6) is 0 Å². The topological polar surface area (TPSA) is 81.4 Å². The number of ether oxygens (including phenoxy) is 1. The van der Waals surface area contributed by atoms with Crippen LogP contribution in [-0.2, 0) is 16.0 Å². The molecule has 0 fully saturated rings. The first kappa shape index (κ1) is 17.7. The van der Waals surface area contributed by atoms with Crippen molar-refractivity contribution in [3.8, 4) is 0 Å². The van der Waals surface area contributed by atoms with Crippen molar-refractivity contribution >= 4 is 28.2 Å². The second kappa shape index (κ2) is 7.04. The Morgan fingerprint density at radius 3 is 2.43 bits per heavy atom. The molecule has 0 aliphatic carbocycles. The van der Waals surface area contributed by atoms with Crippen LogP contribution in [0.15, 0.2) is 0 Å². The lowest BCUT2D eigenvalue weighted by atomic mass is 10.0. The minimum atomic E-state index is -0.589. The lowest BCUT2D eigenvalue weighted by molar-refractivity contribution is -0.117. The summed E-state index contributed by atoms with van der Waals surface area (Å²) in [6.07, 6.45) is 0.905. The molecule has 0 atom stereocenters. The van der Waals surface area contributed by atoms with Crippen molar-refractivity contribution in [3.05, 3.63) is 16.0 Å². The highest BCUT2D eigenvalue weighted by molar-refractivity contribution is 7.16. The summed E-state index contributed by atoms with van der Waals surface area (Å²) in [5, 5.41) is 3.35. The molecular formula is C15H24N2O3S. The average Bonchev–Trinajstić information content (AvgIpc) is 2.62. The van der Waals surface area contributed by atoms with Crippen LogP contribution in [0, 0.1) is 6.92 Å². The van der Waals surface area contributed by atoms with E-state index in [0.717, 1.165) is 10.4 Å². The van der Waals surface area contributed by atoms with Gasteiger partial charge < -0.3 is 15.8 Å². The second-order valence-electron chi connectivity index (χ2n) is 5.63. The summed E-state index contributed by atoms with van der Waals surface area (Å²) in [5.41, 5.74) is 6.67. The Kier molecular flexibility index (Phi) is 5.92. The van der Waals surface area contributed by atoms with Gasteiger partial charge in [0.05, 0.1) is 12.2 Å². The van der Waals surface area contributed by atoms with Gasteiger partial charge >= 0.3 is 5.97 Å². The quantitative estimate of drug-likeness (QED) is 0.791. The maximum atomic E-state index is 12.1. The molecule has 1 heterocycles. The number of anilines is 1. The molecule has 0 aromatic carbocycles. The smallest absolute Gasteiger partial charge is 0.341 e. The molecule has 0 spiro atoms. The van der Waals surface area contributed by atoms with E-state index < -0.39 is 5.54 Å². The van der Waals surface area contributed by atoms with E-state index in [-0.39, 0.29) is 18.3 Å². The van der Waals surface area contributed by atoms with Crippen LogP contribution in [0.3, 0.4) is 0 Å². The van der Waals surface area contributed by atoms with Gasteiger partial charge in [0.15, 0.2) is 0 Å². The van der Waals surface area contributed by atoms with E-state index >= 15 is 0 Å². The van der Waals surface area contributed by atoms with E-state index in [0.29, 0.717) is 23.6 Å². The van der Waals surface area contributed by atoms with E-state index in [1.807, 2.05) is 13.8 Å². The number of aryl methyl sites for hydroxylation is 1. The molecule has 5 nitrogen and oxygen atoms in total. The van der Waals surface area contributed by atoms with Crippen molar-refractivity contribution in [1.29, 1.82) is 0 Å². The molecule has 0 saturated heterocycles. The molecule has 6 heteroatoms. The number of carbonyl (C=O) groups is 2. The predicted molar refractivity (Wildman–Crippen MR) is 85.9 cm³/mol. The maximum Gasteiger partial charge on any atom is 0.341 e. The van der Waals surface area contributed by atoms with Crippen LogP contribution >= 0.6 is 11.3 Å². The van der Waals surface area contributed by atoms with Crippen molar-refractivity contribution in [2.75, 3.05) is 11.9 Å². The van der Waals surface area contributed by atoms with Crippen molar-refractivity contribution in [1.82, 2.24) is 0 Å². The Bertz CT molecular complexity index is 530. The van der Waals surface area contributed by atoms with Gasteiger partial charge in [-0.3, -0.25) is 4.79 Å². The molecular weight excluding hydrogens is 288 g/mol. The molecule has 21 heavy (non-hydrogen) atoms. The Labute approximate surface area is 129 Å². The summed E-state index contributed by atoms with van der Waals surface area (Å²) in [7, 11) is 0. The number of esters is 1. The molecule has 0 radical (unpaired) electrons. The molecule has 0 saturated carbocycles. The van der Waals surface area contributed by atoms with Gasteiger partial charge in [0, 0.05) is 16.8 Å². The average molecular weight is 312 g/mol. The first-order valence-electron chi connectivity index (χ1n) is 7.07. The van der Waals surface area contributed by atoms with Gasteiger partial charge in [-0.25, -0.2) is 4.79 Å². The molecule has 3 N–H and O–H groups in total. The van der Waals surface area contributed by atoms with E-state index in [4.69, 9.17) is 10.5 Å². The van der Waals surface area contributed by atoms with Crippen LogP contribution < -0.4 is 11.1 Å². The van der Waals surface area contributed by atoms with E-state index in [1.54, 1.807) is 20.8 Å². The lowest BCUT2D eigenvalue weighted by Crippen LogP contribution is -2.36. The van der Waals surface area contributed by atoms with Crippen LogP contribution in [-0.4, -0.2) is 24.0 Å². The molecule has 1 rings (SSSR count). The van der Waals surface area contributed by atoms with Crippen LogP contribution in [0.25, 0.3) is 0 Å². The number of nitrogens with two attached hydrogens (primary N) is 1. The highest BCUT2D eigenvalue weighted by atomic mass is 32.1. The van der Waals surface area contributed by atoms with Crippen LogP contribution in [0.4, 0.5) is 5.00 Å². The largest absolute Gasteiger partial charge is 0.462 e. The van der Waals surface area contributed by atoms with Gasteiger partial charge in [-0.15, -0.1) is 11.3 Å². The van der Waals surface area contributed by atoms with E-state index in [2.05, 4.69) is 5.32 Å². The predicted octanol–water partition coefficient (Wildman–Crippen LogP) is 2.86. The fraction of sp³-hybridized carbons (Fsp3) is 0.600. The monoisotopic (exact) mass is 312 g/mol. The van der Waals surface area contributed by atoms with Gasteiger partial charge in [0.1, 0.15) is 5.00 Å². The Morgan fingerprint density at radius 1 is 1.33 bits per heavy atom. The van der Waals surface area contributed by atoms with Crippen molar-refractivity contribution in [3.63, 3.8) is 0 Å². The van der Waals surface area contributed by atoms with Gasteiger partial charge in [-0.2, -0.15) is 0 Å². The van der Waals surface area contributed by atoms with Gasteiger partial charge in [-0.05, 0) is 39.7 Å². The summed E-state index contributed by atoms with van der Waals surface area (Å²) >= 11 is 1.40. The number of amides is 1. The minimum absolute atomic E-state index is 0.188. The van der Waals surface area contributed by atoms with Crippen molar-refractivity contribution in [2.24, 2.45) is 5.73 Å². The summed E-state index contributed by atoms with van der Waals surface area (Å²) in [6.45, 7) is 9.56. The molecule has 118 valence electrons. The number of thiophene rings is 1. The summed E-state index contributed by atoms with van der Waals surface area (Å²) < 4.78 is 5.10. The normalized spacial score (nSPS) is 11.3. The van der Waals surface area contributed by atoms with E-state index in [9.17, 15) is 9.59 Å². The third-order valence-electron chi connectivity index (χ3n) is 2.91. The summed E-state index contributed by atoms with van der Waals surface area (Å²) in [5.74, 6) is -0.585. The minimum Gasteiger partial charge on any atom is -0.462 e. The molecule has 0 aliphatic heterocycles. The number of hydrogen-bond donors (Lipinski definition) is 2. The fourth-order valence-electron chi connectivity index (χ4n) is 2.10. The highest BCUT2D eigenvalue weighted by Crippen LogP contribution is 2.34. The number of carbonyl (C=O) groups excluding carboxylic acids is 2. The molecule has 1 aromatic heterocycles. The zero-order chi connectivity index (χ0) is 16.2. The Hall–Kier alpha value is -1.40. The van der Waals surface area contributed by atoms with Crippen LogP contribution in [0.1, 0.15) is 54.9 Å². The Morgan fingerprint density at radius 2 is 1.95 bits per heavy atom. The standard InChI is InChI=1S/C15H24N2O3S/c1-6-10-9(3)21-13(12(10)14(19)20-7-2)17-11(18)8-15(4,5)16/h6-8,16H2,1-5H3,(H,17,18). The molecule has 1 amide bonds. The molecule has 0 bridgehead atoms. The van der Waals surface area contributed by atoms with Crippen LogP contribution in [0.2, 0.25) is 0 Å². The zero-order valence-corrected chi connectivity index (χ0v) is 14.1. The third kappa shape index (κ3) is 4.82. The summed E-state index contributed by atoms with van der Waals surface area (Å²) in [4.78, 5) is 25.2. The number of hydrogen-bond acceptors (Lipinski definition) is 5. The molecule has 0 unspecified atom stereocenters. The molecule has 0 aliphatic rings. The first-order valence-corrected chi connectivity index (χ1v) is 7.89. The maximum absolute atomic E-state index is 12.1. The van der Waals surface area contributed by atoms with Gasteiger partial charge in [0.2, 0.25) is 5.91 Å². The number of rotatable bonds is 6. The first-order chi connectivity index (χ1) is 9.69. The third-order valence-corrected chi connectivity index (χ3v) is 3.97. The van der Waals surface area contributed by atoms with Gasteiger partial charge in [-0.1, -0.05) is 6.92 Å². The van der Waals surface area contributed by atoms with E-state index in [1.165, 1.54) is 11.3 Å². The highest BCUT2D eigenvalue weighted by Gasteiger charge is 2.24. The second-order valence-corrected chi connectivity index (χ2v) is 6.85. The molecule has 1 aromatic rings. The fourth-order valence-corrected chi connectivity index (χ4v) is 3.25. The number of nitrogens with one attached hydrogen (secondary N) is 1. The lowest BCUT2D eigenvalue weighted by Gasteiger charge is -2.17. The van der Waals surface area contributed by atoms with Crippen molar-refractivity contribution < 1.29 is 14.3 Å². The van der Waals surface area contributed by atoms with Gasteiger partial charge in [0.25, 0.3) is 0 Å². The zero-order valence-electron chi connectivity index (χ0n) is 13.3.